The van der Waals surface area contributed by atoms with Gasteiger partial charge in [-0.15, -0.1) is 0 Å². The Morgan fingerprint density at radius 2 is 1.68 bits per heavy atom. The van der Waals surface area contributed by atoms with Crippen molar-refractivity contribution in [1.82, 2.24) is 5.32 Å². The highest BCUT2D eigenvalue weighted by Crippen LogP contribution is 2.30. The number of rotatable bonds is 8. The zero-order valence-corrected chi connectivity index (χ0v) is 18.2. The van der Waals surface area contributed by atoms with Gasteiger partial charge in [-0.1, -0.05) is 48.0 Å². The Hall–Kier alpha value is -3.54. The molecule has 0 aliphatic carbocycles. The van der Waals surface area contributed by atoms with E-state index in [2.05, 4.69) is 5.32 Å². The van der Waals surface area contributed by atoms with Crippen LogP contribution < -0.4 is 14.8 Å². The van der Waals surface area contributed by atoms with Crippen molar-refractivity contribution in [3.05, 3.63) is 71.3 Å². The van der Waals surface area contributed by atoms with Gasteiger partial charge in [-0.05, 0) is 50.8 Å². The minimum absolute atomic E-state index is 0.226. The summed E-state index contributed by atoms with van der Waals surface area (Å²) in [6.07, 6.45) is 0. The lowest BCUT2D eigenvalue weighted by Gasteiger charge is -2.22. The Balaban J connectivity index is 1.81. The highest BCUT2D eigenvalue weighted by atomic mass is 16.5. The van der Waals surface area contributed by atoms with E-state index >= 15 is 0 Å². The van der Waals surface area contributed by atoms with Gasteiger partial charge in [0.2, 0.25) is 0 Å². The van der Waals surface area contributed by atoms with E-state index in [1.165, 1.54) is 13.8 Å². The smallest absolute Gasteiger partial charge is 0.328 e. The maximum absolute atomic E-state index is 12.9. The average molecular weight is 421 g/mol. The van der Waals surface area contributed by atoms with Crippen LogP contribution in [0.5, 0.6) is 11.5 Å². The number of carbonyl (C=O) groups is 2. The molecule has 0 saturated carbocycles. The molecule has 0 atom stereocenters. The summed E-state index contributed by atoms with van der Waals surface area (Å²) >= 11 is 0. The first-order valence-electron chi connectivity index (χ1n) is 10.1. The number of carboxylic acid groups (broad SMARTS) is 1. The van der Waals surface area contributed by atoms with Crippen LogP contribution >= 0.6 is 0 Å². The van der Waals surface area contributed by atoms with Crippen LogP contribution in [0.1, 0.15) is 35.3 Å². The predicted molar refractivity (Wildman–Crippen MR) is 120 cm³/mol. The van der Waals surface area contributed by atoms with Crippen LogP contribution in [0, 0.1) is 13.8 Å². The molecule has 0 fully saturated rings. The molecule has 0 aliphatic rings. The van der Waals surface area contributed by atoms with Crippen molar-refractivity contribution < 1.29 is 24.2 Å². The van der Waals surface area contributed by atoms with Crippen LogP contribution in [-0.2, 0) is 4.79 Å². The number of amides is 1. The van der Waals surface area contributed by atoms with Gasteiger partial charge in [0.1, 0.15) is 30.3 Å². The molecule has 0 spiro atoms. The van der Waals surface area contributed by atoms with Crippen molar-refractivity contribution in [2.45, 2.75) is 33.2 Å². The molecule has 3 aromatic rings. The van der Waals surface area contributed by atoms with Crippen molar-refractivity contribution in [2.24, 2.45) is 0 Å². The molecule has 0 heterocycles. The number of ether oxygens (including phenoxy) is 2. The number of aliphatic carboxylic acids is 1. The molecule has 0 bridgehead atoms. The molecule has 0 aliphatic heterocycles. The summed E-state index contributed by atoms with van der Waals surface area (Å²) in [4.78, 5) is 24.3. The Labute approximate surface area is 181 Å². The van der Waals surface area contributed by atoms with Crippen molar-refractivity contribution in [3.8, 4) is 11.5 Å². The minimum atomic E-state index is -1.41. The van der Waals surface area contributed by atoms with E-state index in [9.17, 15) is 14.7 Å². The minimum Gasteiger partial charge on any atom is -0.490 e. The summed E-state index contributed by atoms with van der Waals surface area (Å²) in [5.74, 6) is -0.441. The second kappa shape index (κ2) is 9.08. The van der Waals surface area contributed by atoms with E-state index in [-0.39, 0.29) is 12.2 Å². The van der Waals surface area contributed by atoms with Crippen LogP contribution in [0.3, 0.4) is 0 Å². The van der Waals surface area contributed by atoms with Crippen LogP contribution in [0.2, 0.25) is 0 Å². The number of benzene rings is 3. The van der Waals surface area contributed by atoms with Crippen molar-refractivity contribution in [2.75, 3.05) is 13.2 Å². The Morgan fingerprint density at radius 1 is 0.968 bits per heavy atom. The van der Waals surface area contributed by atoms with Gasteiger partial charge in [0.25, 0.3) is 5.91 Å². The lowest BCUT2D eigenvalue weighted by Crippen LogP contribution is -2.49. The maximum Gasteiger partial charge on any atom is 0.328 e. The van der Waals surface area contributed by atoms with Gasteiger partial charge in [-0.2, -0.15) is 0 Å². The molecule has 0 radical (unpaired) electrons. The zero-order chi connectivity index (χ0) is 22.6. The number of fused-ring (bicyclic) bond motifs is 1. The average Bonchev–Trinajstić information content (AvgIpc) is 2.71. The van der Waals surface area contributed by atoms with Gasteiger partial charge in [-0.3, -0.25) is 4.79 Å². The van der Waals surface area contributed by atoms with E-state index in [0.717, 1.165) is 27.6 Å². The Morgan fingerprint density at radius 3 is 2.39 bits per heavy atom. The normalized spacial score (nSPS) is 11.2. The van der Waals surface area contributed by atoms with E-state index < -0.39 is 17.4 Å². The fourth-order valence-electron chi connectivity index (χ4n) is 3.24. The van der Waals surface area contributed by atoms with Gasteiger partial charge in [0.05, 0.1) is 5.56 Å². The SMILES string of the molecule is Cc1ccc(OCCOc2c(C(=O)NC(C)(C)C(=O)O)ccc3ccccc23)c(C)c1. The summed E-state index contributed by atoms with van der Waals surface area (Å²) in [6, 6.07) is 17.0. The van der Waals surface area contributed by atoms with Gasteiger partial charge in [-0.25, -0.2) is 4.79 Å². The lowest BCUT2D eigenvalue weighted by atomic mass is 10.0. The van der Waals surface area contributed by atoms with E-state index in [1.54, 1.807) is 6.07 Å². The molecular weight excluding hydrogens is 394 g/mol. The number of carboxylic acids is 1. The standard InChI is InChI=1S/C25H27NO5/c1-16-9-12-21(17(2)15-16)30-13-14-31-22-19-8-6-5-7-18(19)10-11-20(22)23(27)26-25(3,4)24(28)29/h5-12,15H,13-14H2,1-4H3,(H,26,27)(H,28,29). The fourth-order valence-corrected chi connectivity index (χ4v) is 3.24. The summed E-state index contributed by atoms with van der Waals surface area (Å²) in [7, 11) is 0. The second-order valence-corrected chi connectivity index (χ2v) is 8.01. The summed E-state index contributed by atoms with van der Waals surface area (Å²) in [5.41, 5.74) is 1.07. The highest BCUT2D eigenvalue weighted by molar-refractivity contribution is 6.05. The first-order chi connectivity index (χ1) is 14.7. The maximum atomic E-state index is 12.9. The van der Waals surface area contributed by atoms with Gasteiger partial charge in [0, 0.05) is 5.39 Å². The molecule has 0 aromatic heterocycles. The molecular formula is C25H27NO5. The quantitative estimate of drug-likeness (QED) is 0.523. The molecule has 6 heteroatoms. The molecule has 1 amide bonds. The molecule has 31 heavy (non-hydrogen) atoms. The van der Waals surface area contributed by atoms with Crippen LogP contribution in [0.15, 0.2) is 54.6 Å². The van der Waals surface area contributed by atoms with Crippen molar-refractivity contribution in [1.29, 1.82) is 0 Å². The molecule has 0 saturated heterocycles. The fraction of sp³-hybridized carbons (Fsp3) is 0.280. The monoisotopic (exact) mass is 421 g/mol. The van der Waals surface area contributed by atoms with Crippen LogP contribution in [0.4, 0.5) is 0 Å². The van der Waals surface area contributed by atoms with E-state index in [1.807, 2.05) is 62.4 Å². The second-order valence-electron chi connectivity index (χ2n) is 8.01. The lowest BCUT2D eigenvalue weighted by molar-refractivity contribution is -0.143. The number of hydrogen-bond acceptors (Lipinski definition) is 4. The first kappa shape index (κ1) is 22.2. The third-order valence-electron chi connectivity index (χ3n) is 5.00. The Bertz CT molecular complexity index is 1120. The number of carbonyl (C=O) groups excluding carboxylic acids is 1. The van der Waals surface area contributed by atoms with Crippen LogP contribution in [0.25, 0.3) is 10.8 Å². The van der Waals surface area contributed by atoms with Gasteiger partial charge < -0.3 is 19.9 Å². The predicted octanol–water partition coefficient (Wildman–Crippen LogP) is 4.51. The third kappa shape index (κ3) is 5.15. The number of nitrogens with one attached hydrogen (secondary N) is 1. The largest absolute Gasteiger partial charge is 0.490 e. The van der Waals surface area contributed by atoms with Gasteiger partial charge >= 0.3 is 5.97 Å². The highest BCUT2D eigenvalue weighted by Gasteiger charge is 2.30. The first-order valence-corrected chi connectivity index (χ1v) is 10.1. The third-order valence-corrected chi connectivity index (χ3v) is 5.00. The molecule has 3 rings (SSSR count). The summed E-state index contributed by atoms with van der Waals surface area (Å²) in [6.45, 7) is 7.41. The molecule has 2 N–H and O–H groups in total. The molecule has 3 aromatic carbocycles. The van der Waals surface area contributed by atoms with Gasteiger partial charge in [0.15, 0.2) is 0 Å². The van der Waals surface area contributed by atoms with E-state index in [0.29, 0.717) is 12.4 Å². The molecule has 6 nitrogen and oxygen atoms in total. The van der Waals surface area contributed by atoms with E-state index in [4.69, 9.17) is 9.47 Å². The zero-order valence-electron chi connectivity index (χ0n) is 18.2. The number of aryl methyl sites for hydroxylation is 2. The molecule has 0 unspecified atom stereocenters. The van der Waals surface area contributed by atoms with Crippen LogP contribution in [-0.4, -0.2) is 35.7 Å². The summed E-state index contributed by atoms with van der Waals surface area (Å²) in [5, 5.41) is 13.6. The van der Waals surface area contributed by atoms with Crippen molar-refractivity contribution >= 4 is 22.6 Å². The Kier molecular flexibility index (Phi) is 6.49. The number of hydrogen-bond donors (Lipinski definition) is 2. The topological polar surface area (TPSA) is 84.9 Å². The van der Waals surface area contributed by atoms with Crippen molar-refractivity contribution in [3.63, 3.8) is 0 Å². The summed E-state index contributed by atoms with van der Waals surface area (Å²) < 4.78 is 11.8. The molecule has 162 valence electrons.